The van der Waals surface area contributed by atoms with Crippen molar-refractivity contribution < 1.29 is 14.3 Å². The molecule has 2 saturated heterocycles. The van der Waals surface area contributed by atoms with Gasteiger partial charge in [0.05, 0.1) is 6.61 Å². The van der Waals surface area contributed by atoms with Gasteiger partial charge in [0.2, 0.25) is 0 Å². The molecule has 0 spiro atoms. The number of nitrogens with zero attached hydrogens (tertiary/aromatic N) is 3. The van der Waals surface area contributed by atoms with Crippen molar-refractivity contribution in [3.05, 3.63) is 35.9 Å². The van der Waals surface area contributed by atoms with Crippen molar-refractivity contribution >= 4 is 35.8 Å². The zero-order valence-electron chi connectivity index (χ0n) is 19.3. The molecule has 1 unspecified atom stereocenters. The van der Waals surface area contributed by atoms with Gasteiger partial charge in [-0.05, 0) is 44.6 Å². The minimum atomic E-state index is -0.219. The lowest BCUT2D eigenvalue weighted by Gasteiger charge is -2.37. The molecular weight excluding hydrogens is 519 g/mol. The average Bonchev–Trinajstić information content (AvgIpc) is 3.35. The van der Waals surface area contributed by atoms with Crippen LogP contribution in [0.2, 0.25) is 0 Å². The number of rotatable bonds is 10. The van der Waals surface area contributed by atoms with Crippen LogP contribution >= 0.6 is 24.0 Å². The fourth-order valence-electron chi connectivity index (χ4n) is 3.98. The van der Waals surface area contributed by atoms with E-state index in [4.69, 9.17) is 14.5 Å². The topological polar surface area (TPSA) is 66.4 Å². The minimum absolute atomic E-state index is 0. The number of hydrogen-bond acceptors (Lipinski definition) is 4. The summed E-state index contributed by atoms with van der Waals surface area (Å²) in [4.78, 5) is 21.5. The Morgan fingerprint density at radius 3 is 2.56 bits per heavy atom. The number of halogens is 1. The van der Waals surface area contributed by atoms with Crippen LogP contribution in [0.3, 0.4) is 0 Å². The first-order valence-electron chi connectivity index (χ1n) is 11.8. The van der Waals surface area contributed by atoms with Crippen molar-refractivity contribution in [3.63, 3.8) is 0 Å². The number of guanidine groups is 1. The quantitative estimate of drug-likeness (QED) is 0.207. The average molecular weight is 559 g/mol. The number of amides is 1. The number of unbranched alkanes of at least 4 members (excludes halogenated alkanes) is 1. The predicted octanol–water partition coefficient (Wildman–Crippen LogP) is 2.93. The molecule has 1 atom stereocenters. The normalized spacial score (nSPS) is 19.0. The van der Waals surface area contributed by atoms with Crippen LogP contribution in [0.15, 0.2) is 35.3 Å². The van der Waals surface area contributed by atoms with Crippen LogP contribution < -0.4 is 5.32 Å². The summed E-state index contributed by atoms with van der Waals surface area (Å²) < 4.78 is 11.3. The van der Waals surface area contributed by atoms with Gasteiger partial charge in [0.1, 0.15) is 6.10 Å². The molecule has 3 rings (SSSR count). The highest BCUT2D eigenvalue weighted by atomic mass is 127. The van der Waals surface area contributed by atoms with Gasteiger partial charge in [-0.3, -0.25) is 9.79 Å². The molecule has 0 radical (unpaired) electrons. The highest BCUT2D eigenvalue weighted by Gasteiger charge is 2.30. The molecule has 2 heterocycles. The number of hydrogen-bond donors (Lipinski definition) is 1. The first-order chi connectivity index (χ1) is 15.3. The van der Waals surface area contributed by atoms with Gasteiger partial charge < -0.3 is 24.6 Å². The molecule has 1 N–H and O–H groups in total. The Hall–Kier alpha value is -1.39. The molecule has 1 aromatic rings. The maximum Gasteiger partial charge on any atom is 0.251 e. The molecule has 0 saturated carbocycles. The highest BCUT2D eigenvalue weighted by molar-refractivity contribution is 14.0. The van der Waals surface area contributed by atoms with Crippen LogP contribution in [0.25, 0.3) is 0 Å². The van der Waals surface area contributed by atoms with Crippen LogP contribution in [-0.2, 0) is 20.7 Å². The van der Waals surface area contributed by atoms with Crippen molar-refractivity contribution in [2.45, 2.75) is 45.1 Å². The predicted molar refractivity (Wildman–Crippen MR) is 139 cm³/mol. The van der Waals surface area contributed by atoms with Crippen molar-refractivity contribution in [2.75, 3.05) is 59.1 Å². The van der Waals surface area contributed by atoms with E-state index in [0.717, 1.165) is 90.5 Å². The highest BCUT2D eigenvalue weighted by Crippen LogP contribution is 2.16. The molecule has 1 amide bonds. The van der Waals surface area contributed by atoms with E-state index in [1.165, 1.54) is 5.56 Å². The van der Waals surface area contributed by atoms with Crippen LogP contribution in [0.5, 0.6) is 0 Å². The molecule has 2 aliphatic heterocycles. The molecule has 0 bridgehead atoms. The molecule has 32 heavy (non-hydrogen) atoms. The lowest BCUT2D eigenvalue weighted by Crippen LogP contribution is -2.55. The van der Waals surface area contributed by atoms with E-state index < -0.39 is 0 Å². The zero-order chi connectivity index (χ0) is 21.7. The summed E-state index contributed by atoms with van der Waals surface area (Å²) in [7, 11) is 0. The maximum absolute atomic E-state index is 12.5. The molecule has 0 aliphatic carbocycles. The second-order valence-electron chi connectivity index (χ2n) is 8.10. The standard InChI is InChI=1S/C24H38N4O3.HI/c1-2-25-24(26-13-6-7-18-30-20-12-21-9-4-3-5-10-21)28-16-14-27(15-17-28)23(29)22-11-8-19-31-22;/h3-5,9-10,22H,2,6-8,11-20H2,1H3,(H,25,26);1H. The molecule has 8 heteroatoms. The molecule has 0 aromatic heterocycles. The van der Waals surface area contributed by atoms with Gasteiger partial charge in [0.25, 0.3) is 5.91 Å². The van der Waals surface area contributed by atoms with Gasteiger partial charge in [-0.2, -0.15) is 0 Å². The van der Waals surface area contributed by atoms with Gasteiger partial charge in [0.15, 0.2) is 5.96 Å². The lowest BCUT2D eigenvalue weighted by molar-refractivity contribution is -0.142. The monoisotopic (exact) mass is 558 g/mol. The summed E-state index contributed by atoms with van der Waals surface area (Å²) in [5.74, 6) is 1.11. The number of piperazine rings is 1. The van der Waals surface area contributed by atoms with Gasteiger partial charge in [-0.1, -0.05) is 30.3 Å². The second-order valence-corrected chi connectivity index (χ2v) is 8.10. The van der Waals surface area contributed by atoms with Crippen LogP contribution in [0, 0.1) is 0 Å². The fraction of sp³-hybridized carbons (Fsp3) is 0.667. The summed E-state index contributed by atoms with van der Waals surface area (Å²) >= 11 is 0. The Kier molecular flexibility index (Phi) is 13.0. The second kappa shape index (κ2) is 15.4. The van der Waals surface area contributed by atoms with E-state index in [9.17, 15) is 4.79 Å². The van der Waals surface area contributed by atoms with Crippen LogP contribution in [-0.4, -0.2) is 86.9 Å². The molecular formula is C24H39IN4O3. The third kappa shape index (κ3) is 8.86. The van der Waals surface area contributed by atoms with E-state index >= 15 is 0 Å². The van der Waals surface area contributed by atoms with Crippen LogP contribution in [0.1, 0.15) is 38.2 Å². The van der Waals surface area contributed by atoms with E-state index in [0.29, 0.717) is 6.61 Å². The lowest BCUT2D eigenvalue weighted by atomic mass is 10.2. The third-order valence-corrected chi connectivity index (χ3v) is 5.77. The fourth-order valence-corrected chi connectivity index (χ4v) is 3.98. The number of aliphatic imine (C=N–C) groups is 1. The number of carbonyl (C=O) groups is 1. The first-order valence-corrected chi connectivity index (χ1v) is 11.8. The molecule has 2 aliphatic rings. The summed E-state index contributed by atoms with van der Waals surface area (Å²) in [6, 6.07) is 10.4. The van der Waals surface area contributed by atoms with Crippen molar-refractivity contribution in [2.24, 2.45) is 4.99 Å². The molecule has 180 valence electrons. The van der Waals surface area contributed by atoms with E-state index in [1.807, 2.05) is 11.0 Å². The smallest absolute Gasteiger partial charge is 0.251 e. The van der Waals surface area contributed by atoms with Gasteiger partial charge >= 0.3 is 0 Å². The Balaban J connectivity index is 0.00000363. The number of benzene rings is 1. The minimum Gasteiger partial charge on any atom is -0.381 e. The third-order valence-electron chi connectivity index (χ3n) is 5.77. The van der Waals surface area contributed by atoms with E-state index in [2.05, 4.69) is 41.4 Å². The van der Waals surface area contributed by atoms with Crippen molar-refractivity contribution in [3.8, 4) is 0 Å². The Bertz CT molecular complexity index is 675. The largest absolute Gasteiger partial charge is 0.381 e. The summed E-state index contributed by atoms with van der Waals surface area (Å²) in [6.07, 6.45) is 4.62. The SMILES string of the molecule is CCNC(=NCCCCOCCc1ccccc1)N1CCN(C(=O)C2CCCO2)CC1.I. The van der Waals surface area contributed by atoms with Gasteiger partial charge in [0, 0.05) is 52.5 Å². The summed E-state index contributed by atoms with van der Waals surface area (Å²) in [5, 5.41) is 3.40. The molecule has 7 nitrogen and oxygen atoms in total. The Morgan fingerprint density at radius 1 is 1.12 bits per heavy atom. The molecule has 1 aromatic carbocycles. The molecule has 2 fully saturated rings. The number of nitrogens with one attached hydrogen (secondary N) is 1. The number of carbonyl (C=O) groups excluding carboxylic acids is 1. The zero-order valence-corrected chi connectivity index (χ0v) is 21.7. The Morgan fingerprint density at radius 2 is 1.88 bits per heavy atom. The van der Waals surface area contributed by atoms with E-state index in [-0.39, 0.29) is 36.0 Å². The van der Waals surface area contributed by atoms with Gasteiger partial charge in [-0.25, -0.2) is 0 Å². The van der Waals surface area contributed by atoms with Crippen LogP contribution in [0.4, 0.5) is 0 Å². The van der Waals surface area contributed by atoms with Crippen molar-refractivity contribution in [1.29, 1.82) is 0 Å². The van der Waals surface area contributed by atoms with E-state index in [1.54, 1.807) is 0 Å². The van der Waals surface area contributed by atoms with Crippen molar-refractivity contribution in [1.82, 2.24) is 15.1 Å². The van der Waals surface area contributed by atoms with Gasteiger partial charge in [-0.15, -0.1) is 24.0 Å². The maximum atomic E-state index is 12.5. The summed E-state index contributed by atoms with van der Waals surface area (Å²) in [6.45, 7) is 9.08. The first kappa shape index (κ1) is 26.9. The Labute approximate surface area is 209 Å². The summed E-state index contributed by atoms with van der Waals surface area (Å²) in [5.41, 5.74) is 1.32. The number of ether oxygens (including phenoxy) is 2.